The molecule has 3 nitrogen and oxygen atoms in total. The van der Waals surface area contributed by atoms with Crippen LogP contribution in [-0.4, -0.2) is 58.8 Å². The summed E-state index contributed by atoms with van der Waals surface area (Å²) in [6.07, 6.45) is 11.6. The van der Waals surface area contributed by atoms with Crippen LogP contribution in [0.4, 0.5) is 0 Å². The molecule has 3 aliphatic rings. The Balaban J connectivity index is 1.37. The summed E-state index contributed by atoms with van der Waals surface area (Å²) in [6, 6.07) is 1.50. The molecule has 2 aliphatic heterocycles. The van der Waals surface area contributed by atoms with Gasteiger partial charge in [-0.25, -0.2) is 0 Å². The number of rotatable bonds is 4. The number of hydrogen-bond donors (Lipinski definition) is 2. The molecule has 0 unspecified atom stereocenters. The summed E-state index contributed by atoms with van der Waals surface area (Å²) in [7, 11) is 0. The van der Waals surface area contributed by atoms with Crippen LogP contribution < -0.4 is 5.32 Å². The largest absolute Gasteiger partial charge is 0.389 e. The van der Waals surface area contributed by atoms with Gasteiger partial charge in [0.2, 0.25) is 0 Å². The van der Waals surface area contributed by atoms with Crippen molar-refractivity contribution < 1.29 is 5.11 Å². The predicted octanol–water partition coefficient (Wildman–Crippen LogP) is 2.63. The third-order valence-corrected chi connectivity index (χ3v) is 6.75. The van der Waals surface area contributed by atoms with Crippen LogP contribution in [0.2, 0.25) is 0 Å². The van der Waals surface area contributed by atoms with Crippen molar-refractivity contribution in [3.05, 3.63) is 0 Å². The minimum Gasteiger partial charge on any atom is -0.389 e. The molecule has 0 radical (unpaired) electrons. The van der Waals surface area contributed by atoms with Gasteiger partial charge in [-0.15, -0.1) is 0 Å². The Kier molecular flexibility index (Phi) is 5.88. The molecular weight excluding hydrogens is 280 g/mol. The van der Waals surface area contributed by atoms with Crippen molar-refractivity contribution in [1.82, 2.24) is 10.2 Å². The molecule has 0 atom stereocenters. The fourth-order valence-electron chi connectivity index (χ4n) is 4.18. The molecule has 3 rings (SSSR count). The highest BCUT2D eigenvalue weighted by molar-refractivity contribution is 7.99. The highest BCUT2D eigenvalue weighted by Gasteiger charge is 2.31. The standard InChI is InChI=1S/C17H32N2OS/c20-17(8-12-21-13-9-17)14-18-15-6-10-19(11-7-15)16-4-2-1-3-5-16/h15-16,18,20H,1-14H2. The lowest BCUT2D eigenvalue weighted by Gasteiger charge is -2.40. The normalized spacial score (nSPS) is 29.6. The summed E-state index contributed by atoms with van der Waals surface area (Å²) in [6.45, 7) is 3.33. The van der Waals surface area contributed by atoms with Gasteiger partial charge in [0, 0.05) is 18.6 Å². The number of nitrogens with one attached hydrogen (secondary N) is 1. The minimum atomic E-state index is -0.425. The lowest BCUT2D eigenvalue weighted by atomic mass is 9.91. The van der Waals surface area contributed by atoms with E-state index < -0.39 is 5.60 Å². The summed E-state index contributed by atoms with van der Waals surface area (Å²) >= 11 is 1.98. The van der Waals surface area contributed by atoms with Gasteiger partial charge in [-0.05, 0) is 63.1 Å². The van der Waals surface area contributed by atoms with Crippen molar-refractivity contribution >= 4 is 11.8 Å². The molecule has 0 amide bonds. The van der Waals surface area contributed by atoms with E-state index in [-0.39, 0.29) is 0 Å². The van der Waals surface area contributed by atoms with Gasteiger partial charge in [-0.1, -0.05) is 19.3 Å². The first-order chi connectivity index (χ1) is 10.3. The highest BCUT2D eigenvalue weighted by Crippen LogP contribution is 2.28. The van der Waals surface area contributed by atoms with Crippen LogP contribution in [0, 0.1) is 0 Å². The zero-order chi connectivity index (χ0) is 14.5. The quantitative estimate of drug-likeness (QED) is 0.836. The average molecular weight is 313 g/mol. The van der Waals surface area contributed by atoms with Gasteiger partial charge in [0.15, 0.2) is 0 Å². The van der Waals surface area contributed by atoms with Gasteiger partial charge in [0.1, 0.15) is 0 Å². The number of hydrogen-bond acceptors (Lipinski definition) is 4. The number of nitrogens with zero attached hydrogens (tertiary/aromatic N) is 1. The Hall–Kier alpha value is 0.230. The summed E-state index contributed by atoms with van der Waals surface area (Å²) in [4.78, 5) is 2.74. The van der Waals surface area contributed by atoms with Gasteiger partial charge in [0.25, 0.3) is 0 Å². The lowest BCUT2D eigenvalue weighted by molar-refractivity contribution is 0.0253. The zero-order valence-electron chi connectivity index (χ0n) is 13.4. The molecule has 2 saturated heterocycles. The van der Waals surface area contributed by atoms with E-state index >= 15 is 0 Å². The topological polar surface area (TPSA) is 35.5 Å². The maximum Gasteiger partial charge on any atom is 0.0787 e. The summed E-state index contributed by atoms with van der Waals surface area (Å²) < 4.78 is 0. The first-order valence-corrected chi connectivity index (χ1v) is 10.2. The monoisotopic (exact) mass is 312 g/mol. The van der Waals surface area contributed by atoms with Crippen LogP contribution in [0.25, 0.3) is 0 Å². The van der Waals surface area contributed by atoms with E-state index in [0.29, 0.717) is 6.04 Å². The SMILES string of the molecule is OC1(CNC2CCN(C3CCCCC3)CC2)CCSCC1. The van der Waals surface area contributed by atoms with Crippen molar-refractivity contribution in [2.24, 2.45) is 0 Å². The second kappa shape index (κ2) is 7.67. The van der Waals surface area contributed by atoms with Crippen LogP contribution in [0.1, 0.15) is 57.8 Å². The lowest BCUT2D eigenvalue weighted by Crippen LogP contribution is -2.51. The Morgan fingerprint density at radius 2 is 1.67 bits per heavy atom. The Morgan fingerprint density at radius 1 is 1.00 bits per heavy atom. The average Bonchev–Trinajstić information content (AvgIpc) is 2.55. The summed E-state index contributed by atoms with van der Waals surface area (Å²) in [5.74, 6) is 2.25. The highest BCUT2D eigenvalue weighted by atomic mass is 32.2. The number of aliphatic hydroxyl groups is 1. The maximum atomic E-state index is 10.6. The molecule has 0 aromatic heterocycles. The van der Waals surface area contributed by atoms with Gasteiger partial charge in [0.05, 0.1) is 5.60 Å². The first-order valence-electron chi connectivity index (χ1n) is 9.03. The van der Waals surface area contributed by atoms with E-state index in [9.17, 15) is 5.11 Å². The molecule has 0 aromatic rings. The zero-order valence-corrected chi connectivity index (χ0v) is 14.2. The molecule has 0 bridgehead atoms. The molecule has 1 saturated carbocycles. The fourth-order valence-corrected chi connectivity index (χ4v) is 5.43. The van der Waals surface area contributed by atoms with Crippen LogP contribution in [0.5, 0.6) is 0 Å². The van der Waals surface area contributed by atoms with Gasteiger partial charge < -0.3 is 15.3 Å². The molecule has 1 aliphatic carbocycles. The van der Waals surface area contributed by atoms with Crippen LogP contribution in [0.3, 0.4) is 0 Å². The summed E-state index contributed by atoms with van der Waals surface area (Å²) in [5, 5.41) is 14.2. The molecular formula is C17H32N2OS. The van der Waals surface area contributed by atoms with E-state index in [0.717, 1.165) is 36.9 Å². The van der Waals surface area contributed by atoms with Crippen molar-refractivity contribution in [1.29, 1.82) is 0 Å². The molecule has 122 valence electrons. The Labute approximate surface area is 134 Å². The van der Waals surface area contributed by atoms with E-state index in [1.54, 1.807) is 0 Å². The minimum absolute atomic E-state index is 0.425. The Bertz CT molecular complexity index is 306. The van der Waals surface area contributed by atoms with Crippen molar-refractivity contribution in [2.75, 3.05) is 31.1 Å². The molecule has 2 heterocycles. The third kappa shape index (κ3) is 4.60. The van der Waals surface area contributed by atoms with Gasteiger partial charge in [-0.2, -0.15) is 11.8 Å². The molecule has 4 heteroatoms. The fraction of sp³-hybridized carbons (Fsp3) is 1.00. The van der Waals surface area contributed by atoms with Crippen LogP contribution in [-0.2, 0) is 0 Å². The molecule has 0 spiro atoms. The molecule has 3 fully saturated rings. The smallest absolute Gasteiger partial charge is 0.0787 e. The second-order valence-corrected chi connectivity index (χ2v) is 8.54. The summed E-state index contributed by atoms with van der Waals surface area (Å²) in [5.41, 5.74) is -0.425. The number of likely N-dealkylation sites (tertiary alicyclic amines) is 1. The van der Waals surface area contributed by atoms with Crippen molar-refractivity contribution in [2.45, 2.75) is 75.5 Å². The second-order valence-electron chi connectivity index (χ2n) is 7.32. The Morgan fingerprint density at radius 3 is 2.33 bits per heavy atom. The van der Waals surface area contributed by atoms with Crippen molar-refractivity contribution in [3.8, 4) is 0 Å². The van der Waals surface area contributed by atoms with E-state index in [1.807, 2.05) is 11.8 Å². The molecule has 2 N–H and O–H groups in total. The van der Waals surface area contributed by atoms with Gasteiger partial charge >= 0.3 is 0 Å². The van der Waals surface area contributed by atoms with Crippen LogP contribution >= 0.6 is 11.8 Å². The third-order valence-electron chi connectivity index (χ3n) is 5.76. The predicted molar refractivity (Wildman–Crippen MR) is 91.0 cm³/mol. The van der Waals surface area contributed by atoms with Gasteiger partial charge in [-0.3, -0.25) is 0 Å². The number of piperidine rings is 1. The van der Waals surface area contributed by atoms with Crippen molar-refractivity contribution in [3.63, 3.8) is 0 Å². The van der Waals surface area contributed by atoms with Crippen LogP contribution in [0.15, 0.2) is 0 Å². The number of thioether (sulfide) groups is 1. The van der Waals surface area contributed by atoms with E-state index in [1.165, 1.54) is 58.0 Å². The first kappa shape index (κ1) is 16.1. The maximum absolute atomic E-state index is 10.6. The molecule has 0 aromatic carbocycles. The van der Waals surface area contributed by atoms with E-state index in [4.69, 9.17) is 0 Å². The molecule has 21 heavy (non-hydrogen) atoms. The van der Waals surface area contributed by atoms with E-state index in [2.05, 4.69) is 10.2 Å².